The summed E-state index contributed by atoms with van der Waals surface area (Å²) in [5, 5.41) is 0.0540. The topological polar surface area (TPSA) is 132 Å². The number of piperazine rings is 1. The van der Waals surface area contributed by atoms with Gasteiger partial charge in [-0.15, -0.1) is 0 Å². The van der Waals surface area contributed by atoms with Crippen molar-refractivity contribution in [2.75, 3.05) is 30.8 Å². The minimum absolute atomic E-state index is 0.0395. The van der Waals surface area contributed by atoms with Gasteiger partial charge in [0.15, 0.2) is 21.3 Å². The van der Waals surface area contributed by atoms with Gasteiger partial charge >= 0.3 is 11.7 Å². The van der Waals surface area contributed by atoms with E-state index in [2.05, 4.69) is 16.5 Å². The SMILES string of the molecule is C=CC(=O)N1CCN(c2nc(=O)n(-c3c(C4CC4)cccc3S(C)(=O)=O)c3nc(-c4c(F)cccc4OC(=O)C(C)C)c(F)cc23)[C@@H](C)C1. The monoisotopic (exact) mass is 691 g/mol. The molecule has 256 valence electrons. The van der Waals surface area contributed by atoms with E-state index in [1.165, 1.54) is 24.3 Å². The Balaban J connectivity index is 1.68. The van der Waals surface area contributed by atoms with Crippen molar-refractivity contribution in [2.45, 2.75) is 50.5 Å². The summed E-state index contributed by atoms with van der Waals surface area (Å²) in [6.45, 7) is 9.30. The highest BCUT2D eigenvalue weighted by molar-refractivity contribution is 7.90. The van der Waals surface area contributed by atoms with Crippen molar-refractivity contribution in [3.05, 3.63) is 82.8 Å². The van der Waals surface area contributed by atoms with E-state index in [1.54, 1.807) is 35.8 Å². The number of carbonyl (C=O) groups excluding carboxylic acids is 2. The highest BCUT2D eigenvalue weighted by Crippen LogP contribution is 2.45. The number of esters is 1. The van der Waals surface area contributed by atoms with Gasteiger partial charge < -0.3 is 14.5 Å². The lowest BCUT2D eigenvalue weighted by molar-refractivity contribution is -0.137. The number of ether oxygens (including phenoxy) is 1. The number of amides is 1. The number of pyridine rings is 1. The highest BCUT2D eigenvalue weighted by Gasteiger charge is 2.34. The zero-order chi connectivity index (χ0) is 35.4. The van der Waals surface area contributed by atoms with E-state index in [9.17, 15) is 22.8 Å². The van der Waals surface area contributed by atoms with Gasteiger partial charge in [0.2, 0.25) is 5.91 Å². The number of halogens is 2. The molecule has 2 aromatic carbocycles. The van der Waals surface area contributed by atoms with E-state index >= 15 is 8.78 Å². The quantitative estimate of drug-likeness (QED) is 0.145. The second-order valence-electron chi connectivity index (χ2n) is 12.7. The molecular weight excluding hydrogens is 656 g/mol. The van der Waals surface area contributed by atoms with E-state index in [1.807, 2.05) is 6.92 Å². The highest BCUT2D eigenvalue weighted by atomic mass is 32.2. The van der Waals surface area contributed by atoms with Gasteiger partial charge in [0.1, 0.15) is 23.1 Å². The first-order chi connectivity index (χ1) is 23.2. The largest absolute Gasteiger partial charge is 0.425 e. The van der Waals surface area contributed by atoms with E-state index in [-0.39, 0.29) is 70.7 Å². The number of fused-ring (bicyclic) bond motifs is 1. The van der Waals surface area contributed by atoms with Gasteiger partial charge in [-0.2, -0.15) is 4.98 Å². The molecule has 0 bridgehead atoms. The number of carbonyl (C=O) groups is 2. The summed E-state index contributed by atoms with van der Waals surface area (Å²) in [7, 11) is -3.92. The van der Waals surface area contributed by atoms with Crippen LogP contribution in [0.15, 0.2) is 64.8 Å². The number of sulfone groups is 1. The van der Waals surface area contributed by atoms with Crippen LogP contribution >= 0.6 is 0 Å². The van der Waals surface area contributed by atoms with E-state index in [0.717, 1.165) is 35.8 Å². The Morgan fingerprint density at radius 2 is 1.78 bits per heavy atom. The summed E-state index contributed by atoms with van der Waals surface area (Å²) >= 11 is 0. The third kappa shape index (κ3) is 6.32. The maximum absolute atomic E-state index is 16.4. The van der Waals surface area contributed by atoms with Gasteiger partial charge in [0.25, 0.3) is 0 Å². The number of anilines is 1. The van der Waals surface area contributed by atoms with Crippen LogP contribution in [0, 0.1) is 17.6 Å². The summed E-state index contributed by atoms with van der Waals surface area (Å²) in [5.74, 6) is -3.72. The minimum atomic E-state index is -3.92. The molecule has 1 aliphatic heterocycles. The molecule has 14 heteroatoms. The maximum Gasteiger partial charge on any atom is 0.355 e. The molecular formula is C35H35F2N5O6S. The molecule has 0 radical (unpaired) electrons. The molecule has 6 rings (SSSR count). The summed E-state index contributed by atoms with van der Waals surface area (Å²) in [6.07, 6.45) is 3.76. The smallest absolute Gasteiger partial charge is 0.355 e. The van der Waals surface area contributed by atoms with Crippen molar-refractivity contribution >= 4 is 38.6 Å². The number of hydrogen-bond acceptors (Lipinski definition) is 9. The molecule has 1 aliphatic carbocycles. The Hall–Kier alpha value is -4.98. The van der Waals surface area contributed by atoms with Crippen LogP contribution in [0.3, 0.4) is 0 Å². The third-order valence-electron chi connectivity index (χ3n) is 8.75. The molecule has 4 aromatic rings. The average Bonchev–Trinajstić information content (AvgIpc) is 3.89. The number of hydrogen-bond donors (Lipinski definition) is 0. The van der Waals surface area contributed by atoms with E-state index in [0.29, 0.717) is 5.56 Å². The summed E-state index contributed by atoms with van der Waals surface area (Å²) in [6, 6.07) is 9.08. The molecule has 0 spiro atoms. The second-order valence-corrected chi connectivity index (χ2v) is 14.7. The average molecular weight is 692 g/mol. The fourth-order valence-electron chi connectivity index (χ4n) is 6.15. The molecule has 2 aliphatic rings. The lowest BCUT2D eigenvalue weighted by atomic mass is 10.1. The third-order valence-corrected chi connectivity index (χ3v) is 9.88. The molecule has 0 N–H and O–H groups in total. The molecule has 3 heterocycles. The van der Waals surface area contributed by atoms with Crippen LogP contribution in [-0.2, 0) is 19.4 Å². The summed E-state index contributed by atoms with van der Waals surface area (Å²) < 4.78 is 64.8. The molecule has 1 saturated carbocycles. The van der Waals surface area contributed by atoms with Gasteiger partial charge in [0.05, 0.1) is 27.5 Å². The first-order valence-electron chi connectivity index (χ1n) is 15.9. The van der Waals surface area contributed by atoms with Crippen LogP contribution in [0.4, 0.5) is 14.6 Å². The summed E-state index contributed by atoms with van der Waals surface area (Å²) in [5.41, 5.74) is -1.44. The molecule has 2 fully saturated rings. The first kappa shape index (κ1) is 33.9. The molecule has 0 unspecified atom stereocenters. The fraction of sp³-hybridized carbons (Fsp3) is 0.343. The molecule has 1 atom stereocenters. The number of para-hydroxylation sites is 1. The molecule has 2 aromatic heterocycles. The van der Waals surface area contributed by atoms with Crippen LogP contribution in [0.25, 0.3) is 28.0 Å². The fourth-order valence-corrected chi connectivity index (χ4v) is 7.04. The molecule has 11 nitrogen and oxygen atoms in total. The lowest BCUT2D eigenvalue weighted by Crippen LogP contribution is -2.54. The zero-order valence-corrected chi connectivity index (χ0v) is 28.3. The predicted molar refractivity (Wildman–Crippen MR) is 180 cm³/mol. The Morgan fingerprint density at radius 1 is 1.06 bits per heavy atom. The van der Waals surface area contributed by atoms with Crippen LogP contribution < -0.4 is 15.3 Å². The minimum Gasteiger partial charge on any atom is -0.425 e. The van der Waals surface area contributed by atoms with Gasteiger partial charge in [-0.1, -0.05) is 38.6 Å². The Bertz CT molecular complexity index is 2200. The Kier molecular flexibility index (Phi) is 8.86. The molecule has 49 heavy (non-hydrogen) atoms. The predicted octanol–water partition coefficient (Wildman–Crippen LogP) is 4.79. The number of benzene rings is 2. The van der Waals surface area contributed by atoms with Gasteiger partial charge in [-0.3, -0.25) is 9.59 Å². The van der Waals surface area contributed by atoms with Crippen LogP contribution in [-0.4, -0.2) is 71.7 Å². The lowest BCUT2D eigenvalue weighted by Gasteiger charge is -2.40. The van der Waals surface area contributed by atoms with Gasteiger partial charge in [-0.05, 0) is 61.6 Å². The van der Waals surface area contributed by atoms with Crippen molar-refractivity contribution in [1.29, 1.82) is 0 Å². The number of aromatic nitrogens is 3. The maximum atomic E-state index is 16.4. The van der Waals surface area contributed by atoms with Crippen molar-refractivity contribution in [3.8, 4) is 22.7 Å². The van der Waals surface area contributed by atoms with Crippen LogP contribution in [0.2, 0.25) is 0 Å². The molecule has 1 amide bonds. The number of nitrogens with zero attached hydrogens (tertiary/aromatic N) is 5. The van der Waals surface area contributed by atoms with Gasteiger partial charge in [-0.25, -0.2) is 31.5 Å². The van der Waals surface area contributed by atoms with Crippen molar-refractivity contribution in [1.82, 2.24) is 19.4 Å². The van der Waals surface area contributed by atoms with E-state index < -0.39 is 50.3 Å². The van der Waals surface area contributed by atoms with Crippen molar-refractivity contribution < 1.29 is 31.5 Å². The first-order valence-corrected chi connectivity index (χ1v) is 17.8. The van der Waals surface area contributed by atoms with Crippen molar-refractivity contribution in [2.24, 2.45) is 5.92 Å². The van der Waals surface area contributed by atoms with E-state index in [4.69, 9.17) is 4.74 Å². The Labute approximate surface area is 281 Å². The summed E-state index contributed by atoms with van der Waals surface area (Å²) in [4.78, 5) is 51.3. The van der Waals surface area contributed by atoms with Crippen molar-refractivity contribution in [3.63, 3.8) is 0 Å². The standard InChI is InChI=1S/C35H35F2N5O6S/c1-6-28(43)40-15-16-41(20(4)18-40)32-23-17-25(37)30(29-24(36)10-8-11-26(29)48-34(44)19(2)3)38-33(23)42(35(45)39-32)31-22(21-13-14-21)9-7-12-27(31)49(5,46)47/h6-12,17,19-21H,1,13-16,18H2,2-5H3/t20-/m0/s1. The van der Waals surface area contributed by atoms with Crippen LogP contribution in [0.1, 0.15) is 45.1 Å². The molecule has 1 saturated heterocycles. The normalized spacial score (nSPS) is 16.7. The Morgan fingerprint density at radius 3 is 2.41 bits per heavy atom. The number of rotatable bonds is 8. The van der Waals surface area contributed by atoms with Gasteiger partial charge in [0, 0.05) is 31.9 Å². The second kappa shape index (κ2) is 12.8. The van der Waals surface area contributed by atoms with Crippen LogP contribution in [0.5, 0.6) is 5.75 Å². The zero-order valence-electron chi connectivity index (χ0n) is 27.4.